The summed E-state index contributed by atoms with van der Waals surface area (Å²) in [4.78, 5) is 25.3. The molecule has 1 aromatic carbocycles. The summed E-state index contributed by atoms with van der Waals surface area (Å²) in [6.07, 6.45) is 8.79. The normalized spacial score (nSPS) is 21.7. The van der Waals surface area contributed by atoms with Gasteiger partial charge in [-0.3, -0.25) is 4.79 Å². The second-order valence-corrected chi connectivity index (χ2v) is 7.44. The summed E-state index contributed by atoms with van der Waals surface area (Å²) in [6, 6.07) is 8.06. The van der Waals surface area contributed by atoms with Gasteiger partial charge in [-0.15, -0.1) is 11.8 Å². The van der Waals surface area contributed by atoms with E-state index in [9.17, 15) is 9.59 Å². The molecule has 5 heteroatoms. The summed E-state index contributed by atoms with van der Waals surface area (Å²) in [5.41, 5.74) is 0.919. The maximum atomic E-state index is 12.2. The van der Waals surface area contributed by atoms with E-state index in [1.54, 1.807) is 24.8 Å². The Morgan fingerprint density at radius 1 is 1.24 bits per heavy atom. The first-order valence-corrected chi connectivity index (χ1v) is 10.0. The van der Waals surface area contributed by atoms with Gasteiger partial charge in [0.2, 0.25) is 0 Å². The van der Waals surface area contributed by atoms with E-state index in [0.717, 1.165) is 24.8 Å². The van der Waals surface area contributed by atoms with Gasteiger partial charge in [-0.2, -0.15) is 0 Å². The lowest BCUT2D eigenvalue weighted by Crippen LogP contribution is -2.45. The number of thioether (sulfide) groups is 1. The molecule has 1 aromatic rings. The third-order valence-corrected chi connectivity index (χ3v) is 5.37. The molecule has 1 fully saturated rings. The van der Waals surface area contributed by atoms with Crippen LogP contribution in [0.5, 0.6) is 0 Å². The molecule has 2 rings (SSSR count). The Labute approximate surface area is 154 Å². The van der Waals surface area contributed by atoms with Crippen molar-refractivity contribution in [1.29, 1.82) is 0 Å². The van der Waals surface area contributed by atoms with E-state index in [-0.39, 0.29) is 11.9 Å². The van der Waals surface area contributed by atoms with Gasteiger partial charge >= 0.3 is 5.97 Å². The van der Waals surface area contributed by atoms with Crippen LogP contribution in [0, 0.1) is 5.92 Å². The smallest absolute Gasteiger partial charge is 0.331 e. The highest BCUT2D eigenvalue weighted by atomic mass is 32.2. The fourth-order valence-electron chi connectivity index (χ4n) is 2.98. The molecule has 0 bridgehead atoms. The lowest BCUT2D eigenvalue weighted by molar-refractivity contribution is -0.150. The molecule has 25 heavy (non-hydrogen) atoms. The third-order valence-electron chi connectivity index (χ3n) is 4.63. The molecule has 3 atom stereocenters. The molecule has 0 radical (unpaired) electrons. The van der Waals surface area contributed by atoms with Gasteiger partial charge in [0.25, 0.3) is 5.91 Å². The zero-order chi connectivity index (χ0) is 18.2. The van der Waals surface area contributed by atoms with Gasteiger partial charge in [-0.05, 0) is 55.7 Å². The van der Waals surface area contributed by atoms with Crippen molar-refractivity contribution < 1.29 is 14.3 Å². The number of esters is 1. The number of carbonyl (C=O) groups is 2. The summed E-state index contributed by atoms with van der Waals surface area (Å²) in [6.45, 7) is 3.77. The van der Waals surface area contributed by atoms with Crippen LogP contribution in [0.2, 0.25) is 0 Å². The quantitative estimate of drug-likeness (QED) is 0.472. The largest absolute Gasteiger partial charge is 0.449 e. The highest BCUT2D eigenvalue weighted by Crippen LogP contribution is 2.23. The van der Waals surface area contributed by atoms with Crippen molar-refractivity contribution >= 4 is 29.7 Å². The summed E-state index contributed by atoms with van der Waals surface area (Å²) >= 11 is 1.67. The predicted molar refractivity (Wildman–Crippen MR) is 102 cm³/mol. The fraction of sp³-hybridized carbons (Fsp3) is 0.500. The summed E-state index contributed by atoms with van der Waals surface area (Å²) in [7, 11) is 0. The van der Waals surface area contributed by atoms with Crippen LogP contribution in [-0.2, 0) is 14.3 Å². The van der Waals surface area contributed by atoms with Crippen molar-refractivity contribution in [3.8, 4) is 0 Å². The number of hydrogen-bond donors (Lipinski definition) is 1. The Bertz CT molecular complexity index is 612. The highest BCUT2D eigenvalue weighted by molar-refractivity contribution is 7.98. The molecule has 1 aliphatic carbocycles. The van der Waals surface area contributed by atoms with Crippen LogP contribution < -0.4 is 5.32 Å². The van der Waals surface area contributed by atoms with Gasteiger partial charge in [-0.25, -0.2) is 4.79 Å². The maximum Gasteiger partial charge on any atom is 0.331 e. The number of amides is 1. The average Bonchev–Trinajstić information content (AvgIpc) is 2.62. The molecule has 1 saturated carbocycles. The van der Waals surface area contributed by atoms with E-state index in [2.05, 4.69) is 12.2 Å². The molecule has 136 valence electrons. The lowest BCUT2D eigenvalue weighted by atomic mass is 9.86. The molecule has 1 N–H and O–H groups in total. The van der Waals surface area contributed by atoms with Crippen LogP contribution >= 0.6 is 11.8 Å². The molecule has 0 aliphatic heterocycles. The van der Waals surface area contributed by atoms with Crippen molar-refractivity contribution in [3.05, 3.63) is 35.9 Å². The van der Waals surface area contributed by atoms with Crippen LogP contribution in [-0.4, -0.2) is 30.3 Å². The van der Waals surface area contributed by atoms with E-state index in [1.165, 1.54) is 17.4 Å². The van der Waals surface area contributed by atoms with Crippen LogP contribution in [0.4, 0.5) is 0 Å². The zero-order valence-corrected chi connectivity index (χ0v) is 16.0. The molecule has 0 heterocycles. The first kappa shape index (κ1) is 19.6. The van der Waals surface area contributed by atoms with Gasteiger partial charge in [0, 0.05) is 17.0 Å². The SMILES string of the molecule is CSc1ccc(/C=C/C(=O)O[C@H](C)C(=O)N[C@@H]2CCCC[C@@H]2C)cc1. The minimum Gasteiger partial charge on any atom is -0.449 e. The Morgan fingerprint density at radius 2 is 1.92 bits per heavy atom. The van der Waals surface area contributed by atoms with E-state index in [0.29, 0.717) is 5.92 Å². The van der Waals surface area contributed by atoms with Crippen LogP contribution in [0.1, 0.15) is 45.1 Å². The third kappa shape index (κ3) is 6.24. The summed E-state index contributed by atoms with van der Waals surface area (Å²) in [5, 5.41) is 3.02. The van der Waals surface area contributed by atoms with Crippen molar-refractivity contribution in [3.63, 3.8) is 0 Å². The van der Waals surface area contributed by atoms with Crippen molar-refractivity contribution in [2.75, 3.05) is 6.26 Å². The number of benzene rings is 1. The Balaban J connectivity index is 1.81. The second-order valence-electron chi connectivity index (χ2n) is 6.56. The molecule has 1 aliphatic rings. The van der Waals surface area contributed by atoms with Crippen LogP contribution in [0.15, 0.2) is 35.2 Å². The fourth-order valence-corrected chi connectivity index (χ4v) is 3.39. The summed E-state index contributed by atoms with van der Waals surface area (Å²) in [5.74, 6) is -0.247. The monoisotopic (exact) mass is 361 g/mol. The van der Waals surface area contributed by atoms with Gasteiger partial charge in [-0.1, -0.05) is 31.9 Å². The van der Waals surface area contributed by atoms with E-state index < -0.39 is 12.1 Å². The van der Waals surface area contributed by atoms with E-state index in [1.807, 2.05) is 30.5 Å². The molecule has 0 aromatic heterocycles. The lowest BCUT2D eigenvalue weighted by Gasteiger charge is -2.30. The standard InChI is InChI=1S/C20H27NO3S/c1-14-6-4-5-7-18(14)21-20(23)15(2)24-19(22)13-10-16-8-11-17(25-3)12-9-16/h8-15,18H,4-7H2,1-3H3,(H,21,23)/b13-10+/t14-,15+,18+/m0/s1. The number of carbonyl (C=O) groups excluding carboxylic acids is 2. The number of ether oxygens (including phenoxy) is 1. The number of rotatable bonds is 6. The van der Waals surface area contributed by atoms with Gasteiger partial charge in [0.1, 0.15) is 0 Å². The minimum absolute atomic E-state index is 0.188. The Kier molecular flexibility index (Phi) is 7.56. The number of hydrogen-bond acceptors (Lipinski definition) is 4. The summed E-state index contributed by atoms with van der Waals surface area (Å²) < 4.78 is 5.21. The average molecular weight is 362 g/mol. The van der Waals surface area contributed by atoms with Crippen molar-refractivity contribution in [2.24, 2.45) is 5.92 Å². The minimum atomic E-state index is -0.787. The van der Waals surface area contributed by atoms with Crippen molar-refractivity contribution in [2.45, 2.75) is 56.6 Å². The molecule has 0 spiro atoms. The molecular formula is C20H27NO3S. The maximum absolute atomic E-state index is 12.2. The topological polar surface area (TPSA) is 55.4 Å². The molecule has 1 amide bonds. The van der Waals surface area contributed by atoms with Gasteiger partial charge in [0.15, 0.2) is 6.10 Å². The number of nitrogens with one attached hydrogen (secondary N) is 1. The molecule has 0 saturated heterocycles. The predicted octanol–water partition coefficient (Wildman–Crippen LogP) is 4.05. The molecule has 4 nitrogen and oxygen atoms in total. The van der Waals surface area contributed by atoms with Crippen LogP contribution in [0.3, 0.4) is 0 Å². The van der Waals surface area contributed by atoms with Crippen LogP contribution in [0.25, 0.3) is 6.08 Å². The Morgan fingerprint density at radius 3 is 2.56 bits per heavy atom. The zero-order valence-electron chi connectivity index (χ0n) is 15.2. The first-order chi connectivity index (χ1) is 12.0. The van der Waals surface area contributed by atoms with Gasteiger partial charge < -0.3 is 10.1 Å². The first-order valence-electron chi connectivity index (χ1n) is 8.82. The highest BCUT2D eigenvalue weighted by Gasteiger charge is 2.25. The molecule has 0 unspecified atom stereocenters. The second kappa shape index (κ2) is 9.66. The van der Waals surface area contributed by atoms with E-state index >= 15 is 0 Å². The molecular weight excluding hydrogens is 334 g/mol. The van der Waals surface area contributed by atoms with Gasteiger partial charge in [0.05, 0.1) is 0 Å². The van der Waals surface area contributed by atoms with Crippen molar-refractivity contribution in [1.82, 2.24) is 5.32 Å². The Hall–Kier alpha value is -1.75. The van der Waals surface area contributed by atoms with E-state index in [4.69, 9.17) is 4.74 Å².